The number of aryl methyl sites for hydroxylation is 1. The van der Waals surface area contributed by atoms with E-state index in [0.717, 1.165) is 12.8 Å². The van der Waals surface area contributed by atoms with E-state index in [0.29, 0.717) is 45.6 Å². The predicted molar refractivity (Wildman–Crippen MR) is 114 cm³/mol. The maximum Gasteiger partial charge on any atom is 0.244 e. The van der Waals surface area contributed by atoms with E-state index >= 15 is 0 Å². The van der Waals surface area contributed by atoms with Gasteiger partial charge in [-0.1, -0.05) is 18.5 Å². The molecule has 3 heterocycles. The lowest BCUT2D eigenvalue weighted by molar-refractivity contribution is 0.288. The lowest BCUT2D eigenvalue weighted by Gasteiger charge is -2.29. The van der Waals surface area contributed by atoms with Crippen molar-refractivity contribution in [2.24, 2.45) is 5.92 Å². The third kappa shape index (κ3) is 3.84. The minimum atomic E-state index is -3.69. The molecule has 2 aromatic heterocycles. The van der Waals surface area contributed by atoms with Gasteiger partial charge in [-0.15, -0.1) is 11.3 Å². The summed E-state index contributed by atoms with van der Waals surface area (Å²) < 4.78 is 42.0. The third-order valence-electron chi connectivity index (χ3n) is 5.13. The Morgan fingerprint density at radius 1 is 1.28 bits per heavy atom. The number of piperidine rings is 1. The van der Waals surface area contributed by atoms with Crippen LogP contribution in [0.25, 0.3) is 10.2 Å². The van der Waals surface area contributed by atoms with Crippen LogP contribution < -0.4 is 5.32 Å². The fraction of sp³-hybridized carbons (Fsp3) is 0.368. The van der Waals surface area contributed by atoms with E-state index in [1.807, 2.05) is 0 Å². The first-order valence-corrected chi connectivity index (χ1v) is 11.9. The zero-order chi connectivity index (χ0) is 20.8. The zero-order valence-corrected chi connectivity index (χ0v) is 18.3. The molecule has 1 aromatic carbocycles. The topological polar surface area (TPSA) is 75.2 Å². The van der Waals surface area contributed by atoms with Crippen LogP contribution in [0.4, 0.5) is 15.9 Å². The van der Waals surface area contributed by atoms with Gasteiger partial charge in [0.2, 0.25) is 10.0 Å². The molecule has 29 heavy (non-hydrogen) atoms. The van der Waals surface area contributed by atoms with Gasteiger partial charge < -0.3 is 5.32 Å². The van der Waals surface area contributed by atoms with Gasteiger partial charge >= 0.3 is 0 Å². The molecule has 1 aliphatic heterocycles. The number of anilines is 2. The normalized spacial score (nSPS) is 16.4. The van der Waals surface area contributed by atoms with Gasteiger partial charge in [0.05, 0.1) is 10.4 Å². The van der Waals surface area contributed by atoms with Crippen molar-refractivity contribution in [2.45, 2.75) is 31.6 Å². The summed E-state index contributed by atoms with van der Waals surface area (Å²) >= 11 is 7.19. The monoisotopic (exact) mass is 454 g/mol. The highest BCUT2D eigenvalue weighted by Gasteiger charge is 2.33. The molecule has 0 bridgehead atoms. The Morgan fingerprint density at radius 2 is 2.00 bits per heavy atom. The molecular formula is C19H20ClFN4O2S2. The smallest absolute Gasteiger partial charge is 0.244 e. The number of aromatic nitrogens is 2. The van der Waals surface area contributed by atoms with Gasteiger partial charge in [0.25, 0.3) is 0 Å². The fourth-order valence-corrected chi connectivity index (χ4v) is 6.83. The van der Waals surface area contributed by atoms with E-state index in [1.54, 1.807) is 11.2 Å². The zero-order valence-electron chi connectivity index (χ0n) is 15.9. The summed E-state index contributed by atoms with van der Waals surface area (Å²) in [5, 5.41) is 3.49. The second kappa shape index (κ2) is 7.79. The molecule has 0 spiro atoms. The van der Waals surface area contributed by atoms with Crippen LogP contribution in [0.15, 0.2) is 29.4 Å². The summed E-state index contributed by atoms with van der Waals surface area (Å²) in [6, 6.07) is 4.20. The highest BCUT2D eigenvalue weighted by Crippen LogP contribution is 2.39. The molecule has 0 saturated carbocycles. The number of hydrogen-bond acceptors (Lipinski definition) is 6. The average Bonchev–Trinajstić information content (AvgIpc) is 3.03. The van der Waals surface area contributed by atoms with Crippen molar-refractivity contribution < 1.29 is 12.8 Å². The van der Waals surface area contributed by atoms with Gasteiger partial charge in [-0.25, -0.2) is 22.8 Å². The SMILES string of the molecule is Cc1sc2ncnc(Nc3ccc(F)c(Cl)c3)c2c1S(=O)(=O)N1CCC(C)CC1. The second-order valence-corrected chi connectivity index (χ2v) is 10.7. The Morgan fingerprint density at radius 3 is 2.69 bits per heavy atom. The number of thiophene rings is 1. The highest BCUT2D eigenvalue weighted by atomic mass is 35.5. The average molecular weight is 455 g/mol. The lowest BCUT2D eigenvalue weighted by atomic mass is 10.0. The number of halogens is 2. The molecule has 4 rings (SSSR count). The van der Waals surface area contributed by atoms with Crippen LogP contribution in [0.5, 0.6) is 0 Å². The first-order chi connectivity index (χ1) is 13.8. The molecule has 0 aliphatic carbocycles. The number of rotatable bonds is 4. The van der Waals surface area contributed by atoms with Gasteiger partial charge in [-0.2, -0.15) is 4.31 Å². The molecule has 0 unspecified atom stereocenters. The number of fused-ring (bicyclic) bond motifs is 1. The van der Waals surface area contributed by atoms with Crippen molar-refractivity contribution in [2.75, 3.05) is 18.4 Å². The Bertz CT molecular complexity index is 1170. The highest BCUT2D eigenvalue weighted by molar-refractivity contribution is 7.89. The number of nitrogens with one attached hydrogen (secondary N) is 1. The van der Waals surface area contributed by atoms with Crippen molar-refractivity contribution in [3.05, 3.63) is 40.2 Å². The van der Waals surface area contributed by atoms with Crippen molar-refractivity contribution >= 4 is 54.7 Å². The first-order valence-electron chi connectivity index (χ1n) is 9.23. The quantitative estimate of drug-likeness (QED) is 0.603. The van der Waals surface area contributed by atoms with Crippen LogP contribution in [0.3, 0.4) is 0 Å². The second-order valence-electron chi connectivity index (χ2n) is 7.23. The summed E-state index contributed by atoms with van der Waals surface area (Å²) in [4.78, 5) is 10.0. The number of benzene rings is 1. The Balaban J connectivity index is 1.81. The molecule has 1 fully saturated rings. The van der Waals surface area contributed by atoms with Gasteiger partial charge in [0.15, 0.2) is 0 Å². The molecule has 3 aromatic rings. The molecule has 1 aliphatic rings. The standard InChI is InChI=1S/C19H20ClFN4O2S2/c1-11-5-7-25(8-6-11)29(26,27)17-12(2)28-19-16(17)18(22-10-23-19)24-13-3-4-15(21)14(20)9-13/h3-4,9-11H,5-8H2,1-2H3,(H,22,23,24). The van der Waals surface area contributed by atoms with Crippen molar-refractivity contribution in [1.29, 1.82) is 0 Å². The molecular weight excluding hydrogens is 435 g/mol. The Kier molecular flexibility index (Phi) is 5.50. The minimum Gasteiger partial charge on any atom is -0.340 e. The first kappa shape index (κ1) is 20.5. The van der Waals surface area contributed by atoms with Crippen molar-refractivity contribution in [3.63, 3.8) is 0 Å². The molecule has 0 amide bonds. The molecule has 1 saturated heterocycles. The van der Waals surface area contributed by atoms with Gasteiger partial charge in [0, 0.05) is 23.7 Å². The van der Waals surface area contributed by atoms with E-state index in [9.17, 15) is 12.8 Å². The summed E-state index contributed by atoms with van der Waals surface area (Å²) in [6.07, 6.45) is 3.07. The largest absolute Gasteiger partial charge is 0.340 e. The number of hydrogen-bond donors (Lipinski definition) is 1. The Hall–Kier alpha value is -1.81. The molecule has 1 N–H and O–H groups in total. The van der Waals surface area contributed by atoms with Crippen LogP contribution in [-0.4, -0.2) is 35.8 Å². The summed E-state index contributed by atoms with van der Waals surface area (Å²) in [6.45, 7) is 4.93. The van der Waals surface area contributed by atoms with Crippen molar-refractivity contribution in [1.82, 2.24) is 14.3 Å². The summed E-state index contributed by atoms with van der Waals surface area (Å²) in [5.41, 5.74) is 0.510. The fourth-order valence-electron chi connectivity index (χ4n) is 3.49. The van der Waals surface area contributed by atoms with Gasteiger partial charge in [-0.05, 0) is 43.9 Å². The van der Waals surface area contributed by atoms with Crippen LogP contribution >= 0.6 is 22.9 Å². The molecule has 154 valence electrons. The van der Waals surface area contributed by atoms with E-state index < -0.39 is 15.8 Å². The summed E-state index contributed by atoms with van der Waals surface area (Å²) in [7, 11) is -3.69. The van der Waals surface area contributed by atoms with E-state index in [2.05, 4.69) is 22.2 Å². The van der Waals surface area contributed by atoms with Gasteiger partial charge in [-0.3, -0.25) is 0 Å². The van der Waals surface area contributed by atoms with E-state index in [4.69, 9.17) is 11.6 Å². The van der Waals surface area contributed by atoms with Crippen LogP contribution in [0.2, 0.25) is 5.02 Å². The van der Waals surface area contributed by atoms with Crippen LogP contribution in [0.1, 0.15) is 24.6 Å². The minimum absolute atomic E-state index is 0.0305. The van der Waals surface area contributed by atoms with E-state index in [-0.39, 0.29) is 9.92 Å². The van der Waals surface area contributed by atoms with Gasteiger partial charge in [0.1, 0.15) is 27.7 Å². The van der Waals surface area contributed by atoms with Crippen molar-refractivity contribution in [3.8, 4) is 0 Å². The maximum atomic E-state index is 13.5. The molecule has 10 heteroatoms. The number of sulfonamides is 1. The molecule has 0 radical (unpaired) electrons. The van der Waals surface area contributed by atoms with Crippen LogP contribution in [-0.2, 0) is 10.0 Å². The molecule has 0 atom stereocenters. The number of nitrogens with zero attached hydrogens (tertiary/aromatic N) is 3. The predicted octanol–water partition coefficient (Wildman–Crippen LogP) is 4.96. The molecule has 6 nitrogen and oxygen atoms in total. The maximum absolute atomic E-state index is 13.5. The van der Waals surface area contributed by atoms with E-state index in [1.165, 1.54) is 35.9 Å². The Labute approximate surface area is 177 Å². The third-order valence-corrected chi connectivity index (χ3v) is 8.64. The summed E-state index contributed by atoms with van der Waals surface area (Å²) in [5.74, 6) is 0.343. The lowest BCUT2D eigenvalue weighted by Crippen LogP contribution is -2.38. The van der Waals surface area contributed by atoms with Crippen LogP contribution in [0, 0.1) is 18.7 Å².